The van der Waals surface area contributed by atoms with E-state index in [0.29, 0.717) is 29.7 Å². The van der Waals surface area contributed by atoms with Crippen LogP contribution in [0, 0.1) is 17.5 Å². The molecule has 3 aromatic rings. The lowest BCUT2D eigenvalue weighted by molar-refractivity contribution is -0.187. The van der Waals surface area contributed by atoms with Crippen molar-refractivity contribution < 1.29 is 39.9 Å². The number of aryl methyl sites for hydroxylation is 3. The summed E-state index contributed by atoms with van der Waals surface area (Å²) in [5, 5.41) is 0. The number of rotatable bonds is 7. The number of hydrogen-bond donors (Lipinski definition) is 0. The minimum absolute atomic E-state index is 0.0101. The van der Waals surface area contributed by atoms with E-state index in [1.807, 2.05) is 0 Å². The molecule has 0 unspecified atom stereocenters. The third-order valence-electron chi connectivity index (χ3n) is 5.01. The van der Waals surface area contributed by atoms with E-state index in [2.05, 4.69) is 4.74 Å². The van der Waals surface area contributed by atoms with Crippen LogP contribution in [0.1, 0.15) is 34.7 Å². The Labute approximate surface area is 184 Å². The van der Waals surface area contributed by atoms with Crippen LogP contribution in [0.3, 0.4) is 0 Å². The van der Waals surface area contributed by atoms with Gasteiger partial charge in [-0.25, -0.2) is 13.2 Å². The molecule has 0 spiro atoms. The third-order valence-corrected chi connectivity index (χ3v) is 5.01. The van der Waals surface area contributed by atoms with Crippen molar-refractivity contribution in [2.75, 3.05) is 0 Å². The first kappa shape index (κ1) is 24.5. The highest BCUT2D eigenvalue weighted by molar-refractivity contribution is 5.32. The van der Waals surface area contributed by atoms with Gasteiger partial charge in [0.2, 0.25) is 0 Å². The van der Waals surface area contributed by atoms with Gasteiger partial charge in [0.25, 0.3) is 0 Å². The molecule has 9 heteroatoms. The van der Waals surface area contributed by atoms with E-state index in [-0.39, 0.29) is 24.2 Å². The summed E-state index contributed by atoms with van der Waals surface area (Å²) in [6, 6.07) is 9.85. The number of hydrogen-bond acceptors (Lipinski definition) is 1. The Bertz CT molecular complexity index is 1100. The second kappa shape index (κ2) is 9.41. The summed E-state index contributed by atoms with van der Waals surface area (Å²) in [5.41, 5.74) is -1.73. The largest absolute Gasteiger partial charge is 0.429 e. The quantitative estimate of drug-likeness (QED) is 0.321. The summed E-state index contributed by atoms with van der Waals surface area (Å²) >= 11 is 0. The molecule has 176 valence electrons. The minimum Gasteiger partial charge on any atom is -0.429 e. The van der Waals surface area contributed by atoms with E-state index in [1.54, 1.807) is 6.92 Å². The molecule has 0 aliphatic rings. The molecule has 0 saturated carbocycles. The Morgan fingerprint density at radius 2 is 1.18 bits per heavy atom. The normalized spacial score (nSPS) is 12.2. The van der Waals surface area contributed by atoms with E-state index in [9.17, 15) is 35.1 Å². The zero-order valence-electron chi connectivity index (χ0n) is 17.2. The maximum absolute atomic E-state index is 14.4. The maximum atomic E-state index is 14.4. The lowest BCUT2D eigenvalue weighted by Crippen LogP contribution is -2.23. The molecule has 0 aromatic heterocycles. The van der Waals surface area contributed by atoms with Gasteiger partial charge in [-0.05, 0) is 72.4 Å². The van der Waals surface area contributed by atoms with Gasteiger partial charge < -0.3 is 4.74 Å². The van der Waals surface area contributed by atoms with Crippen molar-refractivity contribution in [3.63, 3.8) is 0 Å². The fraction of sp³-hybridized carbons (Fsp3) is 0.250. The fourth-order valence-corrected chi connectivity index (χ4v) is 3.27. The van der Waals surface area contributed by atoms with Crippen molar-refractivity contribution in [3.8, 4) is 5.75 Å². The summed E-state index contributed by atoms with van der Waals surface area (Å²) < 4.78 is 113. The number of alkyl halides is 5. The van der Waals surface area contributed by atoms with E-state index < -0.39 is 40.9 Å². The average Bonchev–Trinajstić information content (AvgIpc) is 2.71. The Morgan fingerprint density at radius 1 is 0.667 bits per heavy atom. The number of ether oxygens (including phenoxy) is 1. The van der Waals surface area contributed by atoms with Crippen molar-refractivity contribution in [3.05, 3.63) is 99.9 Å². The molecule has 0 saturated heterocycles. The van der Waals surface area contributed by atoms with Crippen LogP contribution in [0.2, 0.25) is 0 Å². The molecular weight excluding hydrogens is 456 g/mol. The SMILES string of the molecule is CCc1ccc(C(F)(F)Oc2ccc(CCc3cc(F)c(C(F)(F)F)c(F)c3)cc2)c(F)c1. The monoisotopic (exact) mass is 474 g/mol. The molecule has 0 bridgehead atoms. The molecule has 1 nitrogen and oxygen atoms in total. The van der Waals surface area contributed by atoms with Crippen LogP contribution >= 0.6 is 0 Å². The lowest BCUT2D eigenvalue weighted by atomic mass is 10.0. The zero-order chi connectivity index (χ0) is 24.4. The van der Waals surface area contributed by atoms with Gasteiger partial charge in [-0.3, -0.25) is 0 Å². The van der Waals surface area contributed by atoms with Crippen LogP contribution in [-0.2, 0) is 31.5 Å². The Kier molecular flexibility index (Phi) is 7.00. The summed E-state index contributed by atoms with van der Waals surface area (Å²) in [6.45, 7) is 1.76. The van der Waals surface area contributed by atoms with Crippen LogP contribution in [0.15, 0.2) is 54.6 Å². The Morgan fingerprint density at radius 3 is 1.70 bits per heavy atom. The van der Waals surface area contributed by atoms with Gasteiger partial charge >= 0.3 is 12.3 Å². The minimum atomic E-state index is -5.15. The van der Waals surface area contributed by atoms with Crippen LogP contribution in [0.5, 0.6) is 5.75 Å². The average molecular weight is 474 g/mol. The van der Waals surface area contributed by atoms with Crippen molar-refractivity contribution in [1.29, 1.82) is 0 Å². The van der Waals surface area contributed by atoms with Gasteiger partial charge in [0.05, 0.1) is 5.56 Å². The Balaban J connectivity index is 1.67. The van der Waals surface area contributed by atoms with Crippen molar-refractivity contribution in [1.82, 2.24) is 0 Å². The summed E-state index contributed by atoms with van der Waals surface area (Å²) in [7, 11) is 0. The highest BCUT2D eigenvalue weighted by Gasteiger charge is 2.38. The van der Waals surface area contributed by atoms with E-state index in [1.165, 1.54) is 30.3 Å². The lowest BCUT2D eigenvalue weighted by Gasteiger charge is -2.19. The maximum Gasteiger partial charge on any atom is 0.429 e. The van der Waals surface area contributed by atoms with Crippen molar-refractivity contribution in [2.24, 2.45) is 0 Å². The van der Waals surface area contributed by atoms with Crippen LogP contribution in [-0.4, -0.2) is 0 Å². The van der Waals surface area contributed by atoms with Gasteiger partial charge in [0.15, 0.2) is 0 Å². The molecule has 0 fully saturated rings. The topological polar surface area (TPSA) is 9.23 Å². The number of benzene rings is 3. The molecule has 33 heavy (non-hydrogen) atoms. The fourth-order valence-electron chi connectivity index (χ4n) is 3.27. The first-order valence-electron chi connectivity index (χ1n) is 9.90. The van der Waals surface area contributed by atoms with Gasteiger partial charge in [0.1, 0.15) is 28.8 Å². The summed E-state index contributed by atoms with van der Waals surface area (Å²) in [6.07, 6.45) is -8.40. The molecule has 3 aromatic carbocycles. The molecule has 0 aliphatic carbocycles. The van der Waals surface area contributed by atoms with E-state index in [0.717, 1.165) is 12.1 Å². The van der Waals surface area contributed by atoms with Gasteiger partial charge in [0, 0.05) is 0 Å². The van der Waals surface area contributed by atoms with Gasteiger partial charge in [-0.15, -0.1) is 0 Å². The molecule has 3 rings (SSSR count). The van der Waals surface area contributed by atoms with Crippen molar-refractivity contribution >= 4 is 0 Å². The van der Waals surface area contributed by atoms with E-state index in [4.69, 9.17) is 0 Å². The molecule has 0 atom stereocenters. The highest BCUT2D eigenvalue weighted by atomic mass is 19.4. The second-order valence-electron chi connectivity index (χ2n) is 7.36. The molecular formula is C24H18F8O. The predicted molar refractivity (Wildman–Crippen MR) is 106 cm³/mol. The van der Waals surface area contributed by atoms with Crippen molar-refractivity contribution in [2.45, 2.75) is 38.5 Å². The van der Waals surface area contributed by atoms with E-state index >= 15 is 0 Å². The molecule has 0 heterocycles. The molecule has 0 N–H and O–H groups in total. The smallest absolute Gasteiger partial charge is 0.429 e. The first-order valence-corrected chi connectivity index (χ1v) is 9.90. The third kappa shape index (κ3) is 5.83. The predicted octanol–water partition coefficient (Wildman–Crippen LogP) is 7.60. The van der Waals surface area contributed by atoms with Crippen LogP contribution in [0.4, 0.5) is 35.1 Å². The number of halogens is 8. The molecule has 0 radical (unpaired) electrons. The molecule has 0 aliphatic heterocycles. The standard InChI is InChI=1S/C24H18F8O/c1-2-14-7-10-18(19(25)11-14)24(31,32)33-17-8-5-15(6-9-17)3-4-16-12-20(26)22(21(27)13-16)23(28,29)30/h5-13H,2-4H2,1H3. The Hall–Kier alpha value is -3.10. The summed E-state index contributed by atoms with van der Waals surface area (Å²) in [5.74, 6) is -4.74. The summed E-state index contributed by atoms with van der Waals surface area (Å²) in [4.78, 5) is 0. The second-order valence-corrected chi connectivity index (χ2v) is 7.36. The zero-order valence-corrected chi connectivity index (χ0v) is 17.2. The first-order chi connectivity index (χ1) is 15.4. The van der Waals surface area contributed by atoms with Gasteiger partial charge in [-0.2, -0.15) is 22.0 Å². The van der Waals surface area contributed by atoms with Crippen LogP contribution in [0.25, 0.3) is 0 Å². The molecule has 0 amide bonds. The van der Waals surface area contributed by atoms with Crippen LogP contribution < -0.4 is 4.74 Å². The van der Waals surface area contributed by atoms with Gasteiger partial charge in [-0.1, -0.05) is 25.1 Å². The highest BCUT2D eigenvalue weighted by Crippen LogP contribution is 2.35.